The zero-order valence-electron chi connectivity index (χ0n) is 38.6. The van der Waals surface area contributed by atoms with Gasteiger partial charge in [-0.3, -0.25) is 48.3 Å². The van der Waals surface area contributed by atoms with Crippen LogP contribution < -0.4 is 9.80 Å². The molecule has 2 aromatic heterocycles. The van der Waals surface area contributed by atoms with Crippen molar-refractivity contribution < 1.29 is 73.5 Å². The van der Waals surface area contributed by atoms with Crippen LogP contribution in [0.4, 0.5) is 46.5 Å². The van der Waals surface area contributed by atoms with Gasteiger partial charge >= 0.3 is 0 Å². The maximum Gasteiger partial charge on any atom is 0.267 e. The van der Waals surface area contributed by atoms with Crippen LogP contribution in [0, 0.1) is 46.5 Å². The van der Waals surface area contributed by atoms with Crippen molar-refractivity contribution in [2.45, 2.75) is 18.3 Å². The number of aromatic nitrogens is 2. The van der Waals surface area contributed by atoms with Gasteiger partial charge in [0.05, 0.1) is 118 Å². The summed E-state index contributed by atoms with van der Waals surface area (Å²) < 4.78 is 118. The van der Waals surface area contributed by atoms with E-state index in [-0.39, 0.29) is 32.9 Å². The van der Waals surface area contributed by atoms with Crippen molar-refractivity contribution in [1.82, 2.24) is 9.97 Å². The summed E-state index contributed by atoms with van der Waals surface area (Å²) in [5.41, 5.74) is -10.3. The molecule has 0 N–H and O–H groups in total. The van der Waals surface area contributed by atoms with Crippen LogP contribution in [0.3, 0.4) is 0 Å². The molecule has 6 aromatic carbocycles. The zero-order chi connectivity index (χ0) is 58.3. The maximum atomic E-state index is 15.0. The SMILES string of the molecule is O=C1c2c(F)c(F)c(F)c(F)c2C(=O)C1c1ccc2c(N3C(=O)c4c(Cl)c(Cl)c(Cl)c(Cl)c4C3=O)c(Cc3ccc4nc(C5C(=O)c6c(F)c(F)c(F)c(F)c6C5=O)ccc4c3N3C(=O)c4c(Cl)c(Cl)c(Cl)c(Cl)c4C3=O)ccc2n1. The van der Waals surface area contributed by atoms with Crippen molar-refractivity contribution in [3.05, 3.63) is 202 Å². The number of ketones is 4. The second-order valence-electron chi connectivity index (χ2n) is 18.2. The van der Waals surface area contributed by atoms with Crippen molar-refractivity contribution in [1.29, 1.82) is 0 Å². The standard InChI is InChI=1S/C53H12Cl8F8N4O8/c54-28-20-21(29(55)33(59)32(28)58)51(79)72(50(20)78)44-10(1-5-14-12(44)3-7-16(70-14)18-46(74)24-25(47(18)75)37(63)41(67)40(66)36(24)62)9-11-2-6-15-13(45(11)73-52(80)22-23(53(73)81)31(57)35(61)34(60)30(22)56)4-8-17(71-15)19-48(76)26-27(49(19)77)39(65)43(69)42(68)38(26)64/h1-8,18-19H,9H2. The van der Waals surface area contributed by atoms with Gasteiger partial charge < -0.3 is 0 Å². The van der Waals surface area contributed by atoms with Crippen LogP contribution in [0.15, 0.2) is 48.5 Å². The van der Waals surface area contributed by atoms with Gasteiger partial charge in [0, 0.05) is 17.2 Å². The highest BCUT2D eigenvalue weighted by atomic mass is 35.5. The molecule has 0 saturated carbocycles. The Morgan fingerprint density at radius 3 is 0.852 bits per heavy atom. The minimum absolute atomic E-state index is 0.0983. The Morgan fingerprint density at radius 2 is 0.593 bits per heavy atom. The second-order valence-corrected chi connectivity index (χ2v) is 21.2. The fourth-order valence-electron chi connectivity index (χ4n) is 10.5. The summed E-state index contributed by atoms with van der Waals surface area (Å²) in [6.07, 6.45) is -0.595. The molecule has 28 heteroatoms. The number of imide groups is 2. The van der Waals surface area contributed by atoms with E-state index in [1.807, 2.05) is 0 Å². The molecule has 4 amide bonds. The normalized spacial score (nSPS) is 15.3. The first-order valence-corrected chi connectivity index (χ1v) is 25.5. The van der Waals surface area contributed by atoms with Crippen LogP contribution in [0.5, 0.6) is 0 Å². The molecule has 0 unspecified atom stereocenters. The minimum Gasteiger partial charge on any atom is -0.293 e. The topological polar surface area (TPSA) is 169 Å². The van der Waals surface area contributed by atoms with E-state index < -0.39 is 219 Å². The zero-order valence-corrected chi connectivity index (χ0v) is 44.6. The monoisotopic (exact) mass is 1260 g/mol. The number of anilines is 2. The van der Waals surface area contributed by atoms with Gasteiger partial charge in [0.15, 0.2) is 69.7 Å². The molecule has 8 aromatic rings. The lowest BCUT2D eigenvalue weighted by atomic mass is 9.94. The first-order valence-electron chi connectivity index (χ1n) is 22.5. The Morgan fingerprint density at radius 1 is 0.333 bits per heavy atom. The molecular formula is C53H12Cl8F8N4O8. The lowest BCUT2D eigenvalue weighted by Gasteiger charge is -2.24. The molecule has 4 heterocycles. The van der Waals surface area contributed by atoms with Gasteiger partial charge in [-0.05, 0) is 47.5 Å². The Balaban J connectivity index is 1.06. The largest absolute Gasteiger partial charge is 0.293 e. The molecular weight excluding hydrogens is 1260 g/mol. The molecule has 0 bridgehead atoms. The van der Waals surface area contributed by atoms with Crippen LogP contribution in [-0.2, 0) is 6.42 Å². The number of carbonyl (C=O) groups is 8. The predicted molar refractivity (Wildman–Crippen MR) is 277 cm³/mol. The summed E-state index contributed by atoms with van der Waals surface area (Å²) in [5.74, 6) is -33.2. The highest BCUT2D eigenvalue weighted by molar-refractivity contribution is 6.58. The second kappa shape index (κ2) is 18.7. The molecule has 0 atom stereocenters. The number of halogens is 16. The van der Waals surface area contributed by atoms with Crippen LogP contribution in [0.25, 0.3) is 21.8 Å². The van der Waals surface area contributed by atoms with E-state index in [0.29, 0.717) is 9.80 Å². The molecule has 2 aliphatic heterocycles. The molecule has 12 nitrogen and oxygen atoms in total. The van der Waals surface area contributed by atoms with Crippen LogP contribution in [-0.4, -0.2) is 56.7 Å². The van der Waals surface area contributed by atoms with Crippen molar-refractivity contribution >= 4 is 173 Å². The highest BCUT2D eigenvalue weighted by Gasteiger charge is 2.51. The maximum absolute atomic E-state index is 15.0. The van der Waals surface area contributed by atoms with E-state index in [2.05, 4.69) is 9.97 Å². The summed E-state index contributed by atoms with van der Waals surface area (Å²) in [6, 6.07) is 9.02. The van der Waals surface area contributed by atoms with Gasteiger partial charge in [-0.1, -0.05) is 105 Å². The van der Waals surface area contributed by atoms with E-state index in [0.717, 1.165) is 24.3 Å². The van der Waals surface area contributed by atoms with Crippen molar-refractivity contribution in [2.24, 2.45) is 0 Å². The van der Waals surface area contributed by atoms with Crippen molar-refractivity contribution in [3.63, 3.8) is 0 Å². The van der Waals surface area contributed by atoms with E-state index in [4.69, 9.17) is 92.8 Å². The third-order valence-corrected chi connectivity index (χ3v) is 17.7. The van der Waals surface area contributed by atoms with Gasteiger partial charge in [0.1, 0.15) is 11.8 Å². The van der Waals surface area contributed by atoms with Gasteiger partial charge in [-0.25, -0.2) is 44.9 Å². The van der Waals surface area contributed by atoms with Gasteiger partial charge in [-0.2, -0.15) is 0 Å². The van der Waals surface area contributed by atoms with Gasteiger partial charge in [0.2, 0.25) is 0 Å². The van der Waals surface area contributed by atoms with E-state index in [9.17, 15) is 55.9 Å². The third kappa shape index (κ3) is 7.24. The number of nitrogens with zero attached hydrogens (tertiary/aromatic N) is 4. The number of Topliss-reactive ketones (excluding diaryl/α,β-unsaturated/α-hetero) is 4. The van der Waals surface area contributed by atoms with E-state index >= 15 is 17.6 Å². The lowest BCUT2D eigenvalue weighted by Crippen LogP contribution is -2.32. The number of hydrogen-bond donors (Lipinski definition) is 0. The van der Waals surface area contributed by atoms with E-state index in [1.54, 1.807) is 0 Å². The smallest absolute Gasteiger partial charge is 0.267 e. The summed E-state index contributed by atoms with van der Waals surface area (Å²) in [6.45, 7) is 0. The number of hydrogen-bond acceptors (Lipinski definition) is 10. The summed E-state index contributed by atoms with van der Waals surface area (Å²) >= 11 is 51.5. The fraction of sp³-hybridized carbons (Fsp3) is 0.0566. The van der Waals surface area contributed by atoms with Crippen LogP contribution >= 0.6 is 92.8 Å². The molecule has 0 spiro atoms. The number of amides is 4. The van der Waals surface area contributed by atoms with Crippen molar-refractivity contribution in [3.8, 4) is 0 Å². The number of pyridine rings is 2. The number of carbonyl (C=O) groups excluding carboxylic acids is 8. The summed E-state index contributed by atoms with van der Waals surface area (Å²) in [5, 5.41) is -4.27. The Labute approximate surface area is 483 Å². The van der Waals surface area contributed by atoms with Crippen molar-refractivity contribution in [2.75, 3.05) is 9.80 Å². The van der Waals surface area contributed by atoms with Crippen LogP contribution in [0.2, 0.25) is 40.2 Å². The highest BCUT2D eigenvalue weighted by Crippen LogP contribution is 2.51. The number of benzene rings is 6. The molecule has 0 fully saturated rings. The number of rotatable bonds is 6. The molecule has 81 heavy (non-hydrogen) atoms. The van der Waals surface area contributed by atoms with Crippen LogP contribution in [0.1, 0.15) is 117 Å². The van der Waals surface area contributed by atoms with E-state index in [1.165, 1.54) is 24.3 Å². The Bertz CT molecular complexity index is 4110. The van der Waals surface area contributed by atoms with Gasteiger partial charge in [0.25, 0.3) is 23.6 Å². The molecule has 4 aliphatic rings. The quantitative estimate of drug-likeness (QED) is 0.0513. The molecule has 12 rings (SSSR count). The average molecular weight is 1270 g/mol. The lowest BCUT2D eigenvalue weighted by molar-refractivity contribution is 0.0869. The van der Waals surface area contributed by atoms with Gasteiger partial charge in [-0.15, -0.1) is 0 Å². The first kappa shape index (κ1) is 54.4. The Hall–Kier alpha value is -7.14. The average Bonchev–Trinajstić information content (AvgIpc) is 4.09. The number of fused-ring (bicyclic) bond motifs is 6. The third-order valence-electron chi connectivity index (χ3n) is 14.1. The molecule has 2 aliphatic carbocycles. The molecule has 0 saturated heterocycles. The predicted octanol–water partition coefficient (Wildman–Crippen LogP) is 14.6. The Kier molecular flexibility index (Phi) is 12.6. The fourth-order valence-corrected chi connectivity index (χ4v) is 12.5. The summed E-state index contributed by atoms with van der Waals surface area (Å²) in [7, 11) is 0. The summed E-state index contributed by atoms with van der Waals surface area (Å²) in [4.78, 5) is 123. The minimum atomic E-state index is -2.36. The first-order chi connectivity index (χ1) is 38.2. The molecule has 0 radical (unpaired) electrons. The molecule has 404 valence electrons.